The van der Waals surface area contributed by atoms with Crippen molar-refractivity contribution < 1.29 is 14.6 Å². The quantitative estimate of drug-likeness (QED) is 0.745. The third-order valence-electron chi connectivity index (χ3n) is 5.76. The largest absolute Gasteiger partial charge is 0.497 e. The van der Waals surface area contributed by atoms with Crippen molar-refractivity contribution in [3.63, 3.8) is 0 Å². The normalized spacial score (nSPS) is 21.4. The summed E-state index contributed by atoms with van der Waals surface area (Å²) in [6.45, 7) is 4.73. The maximum absolute atomic E-state index is 10.4. The fourth-order valence-electron chi connectivity index (χ4n) is 4.04. The van der Waals surface area contributed by atoms with E-state index in [1.807, 2.05) is 12.1 Å². The highest BCUT2D eigenvalue weighted by atomic mass is 16.5. The van der Waals surface area contributed by atoms with E-state index in [2.05, 4.69) is 27.9 Å². The molecule has 0 radical (unpaired) electrons. The molecule has 1 aromatic carbocycles. The second-order valence-corrected chi connectivity index (χ2v) is 7.65. The molecule has 5 heteroatoms. The molecule has 1 atom stereocenters. The lowest BCUT2D eigenvalue weighted by Gasteiger charge is -2.37. The maximum atomic E-state index is 10.4. The van der Waals surface area contributed by atoms with Gasteiger partial charge < -0.3 is 19.5 Å². The van der Waals surface area contributed by atoms with Crippen molar-refractivity contribution in [2.45, 2.75) is 43.8 Å². The zero-order valence-corrected chi connectivity index (χ0v) is 16.4. The molecule has 0 aromatic heterocycles. The summed E-state index contributed by atoms with van der Waals surface area (Å²) in [4.78, 5) is 4.67. The van der Waals surface area contributed by atoms with E-state index in [0.717, 1.165) is 57.6 Å². The lowest BCUT2D eigenvalue weighted by atomic mass is 9.85. The van der Waals surface area contributed by atoms with Gasteiger partial charge in [-0.05, 0) is 49.9 Å². The van der Waals surface area contributed by atoms with Crippen LogP contribution in [0, 0.1) is 12.3 Å². The van der Waals surface area contributed by atoms with Crippen molar-refractivity contribution in [3.05, 3.63) is 24.3 Å². The molecule has 0 amide bonds. The Morgan fingerprint density at radius 1 is 1.11 bits per heavy atom. The SMILES string of the molecule is C#CC1(OC[C@@H](O)CN2CCN(c3ccc(OC)cc3)CC2)CCCCC1. The Morgan fingerprint density at radius 3 is 2.37 bits per heavy atom. The number of β-amino-alcohol motifs (C(OH)–C–C–N with tert-alkyl or cyclic N) is 1. The summed E-state index contributed by atoms with van der Waals surface area (Å²) < 4.78 is 11.2. The molecule has 3 rings (SSSR count). The fraction of sp³-hybridized carbons (Fsp3) is 0.636. The van der Waals surface area contributed by atoms with Crippen LogP contribution in [-0.4, -0.2) is 68.2 Å². The third kappa shape index (κ3) is 5.38. The molecule has 0 bridgehead atoms. The number of aliphatic hydroxyl groups is 1. The predicted octanol–water partition coefficient (Wildman–Crippen LogP) is 2.53. The summed E-state index contributed by atoms with van der Waals surface area (Å²) in [6, 6.07) is 8.19. The molecule has 148 valence electrons. The number of ether oxygens (including phenoxy) is 2. The van der Waals surface area contributed by atoms with Crippen LogP contribution in [-0.2, 0) is 4.74 Å². The monoisotopic (exact) mass is 372 g/mol. The second-order valence-electron chi connectivity index (χ2n) is 7.65. The van der Waals surface area contributed by atoms with Crippen LogP contribution < -0.4 is 9.64 Å². The van der Waals surface area contributed by atoms with E-state index < -0.39 is 11.7 Å². The van der Waals surface area contributed by atoms with Crippen molar-refractivity contribution in [3.8, 4) is 18.1 Å². The molecular formula is C22H32N2O3. The number of anilines is 1. The van der Waals surface area contributed by atoms with Crippen LogP contribution in [0.3, 0.4) is 0 Å². The minimum atomic E-state index is -0.496. The number of hydrogen-bond donors (Lipinski definition) is 1. The van der Waals surface area contributed by atoms with Gasteiger partial charge in [0.15, 0.2) is 0 Å². The van der Waals surface area contributed by atoms with Crippen LogP contribution in [0.2, 0.25) is 0 Å². The molecule has 5 nitrogen and oxygen atoms in total. The molecule has 1 N–H and O–H groups in total. The first kappa shape index (κ1) is 20.0. The van der Waals surface area contributed by atoms with E-state index in [9.17, 15) is 5.11 Å². The minimum absolute atomic E-state index is 0.322. The Morgan fingerprint density at radius 2 is 1.78 bits per heavy atom. The number of aliphatic hydroxyl groups excluding tert-OH is 1. The van der Waals surface area contributed by atoms with Crippen molar-refractivity contribution in [2.75, 3.05) is 51.3 Å². The van der Waals surface area contributed by atoms with Crippen molar-refractivity contribution in [2.24, 2.45) is 0 Å². The molecule has 2 aliphatic rings. The van der Waals surface area contributed by atoms with Crippen molar-refractivity contribution in [1.82, 2.24) is 4.90 Å². The van der Waals surface area contributed by atoms with E-state index in [1.165, 1.54) is 12.1 Å². The van der Waals surface area contributed by atoms with E-state index in [0.29, 0.717) is 13.2 Å². The molecular weight excluding hydrogens is 340 g/mol. The van der Waals surface area contributed by atoms with E-state index in [-0.39, 0.29) is 0 Å². The molecule has 1 aromatic rings. The van der Waals surface area contributed by atoms with E-state index in [1.54, 1.807) is 7.11 Å². The number of hydrogen-bond acceptors (Lipinski definition) is 5. The van der Waals surface area contributed by atoms with Gasteiger partial charge in [-0.1, -0.05) is 12.3 Å². The fourth-order valence-corrected chi connectivity index (χ4v) is 4.04. The average Bonchev–Trinajstić information content (AvgIpc) is 2.74. The van der Waals surface area contributed by atoms with Crippen LogP contribution in [0.1, 0.15) is 32.1 Å². The molecule has 0 spiro atoms. The van der Waals surface area contributed by atoms with Gasteiger partial charge in [0.25, 0.3) is 0 Å². The summed E-state index contributed by atoms with van der Waals surface area (Å²) in [7, 11) is 1.68. The number of rotatable bonds is 7. The predicted molar refractivity (Wildman–Crippen MR) is 108 cm³/mol. The minimum Gasteiger partial charge on any atom is -0.497 e. The molecule has 0 unspecified atom stereocenters. The number of terminal acetylenes is 1. The summed E-state index contributed by atoms with van der Waals surface area (Å²) in [6.07, 6.45) is 10.5. The number of nitrogens with zero attached hydrogens (tertiary/aromatic N) is 2. The summed E-state index contributed by atoms with van der Waals surface area (Å²) in [5, 5.41) is 10.4. The van der Waals surface area contributed by atoms with Gasteiger partial charge >= 0.3 is 0 Å². The van der Waals surface area contributed by atoms with Gasteiger partial charge in [0.05, 0.1) is 19.8 Å². The number of piperazine rings is 1. The van der Waals surface area contributed by atoms with Crippen LogP contribution in [0.25, 0.3) is 0 Å². The molecule has 1 heterocycles. The van der Waals surface area contributed by atoms with Gasteiger partial charge in [0, 0.05) is 38.4 Å². The Balaban J connectivity index is 1.41. The lowest BCUT2D eigenvalue weighted by molar-refractivity contribution is -0.0698. The molecule has 27 heavy (non-hydrogen) atoms. The third-order valence-corrected chi connectivity index (χ3v) is 5.76. The van der Waals surface area contributed by atoms with E-state index >= 15 is 0 Å². The van der Waals surface area contributed by atoms with E-state index in [4.69, 9.17) is 15.9 Å². The van der Waals surface area contributed by atoms with Gasteiger partial charge in [-0.15, -0.1) is 6.42 Å². The van der Waals surface area contributed by atoms with Gasteiger partial charge in [0.2, 0.25) is 0 Å². The van der Waals surface area contributed by atoms with Crippen LogP contribution in [0.15, 0.2) is 24.3 Å². The second kappa shape index (κ2) is 9.45. The summed E-state index contributed by atoms with van der Waals surface area (Å²) in [5.41, 5.74) is 0.763. The van der Waals surface area contributed by atoms with Crippen molar-refractivity contribution >= 4 is 5.69 Å². The average molecular weight is 373 g/mol. The number of benzene rings is 1. The standard InChI is InChI=1S/C22H32N2O3/c1-3-22(11-5-4-6-12-22)27-18-20(25)17-23-13-15-24(16-14-23)19-7-9-21(26-2)10-8-19/h1,7-10,20,25H,4-6,11-18H2,2H3/t20-/m0/s1. The first-order valence-corrected chi connectivity index (χ1v) is 10.1. The zero-order chi connectivity index (χ0) is 19.1. The van der Waals surface area contributed by atoms with Gasteiger partial charge in [-0.2, -0.15) is 0 Å². The Kier molecular flexibility index (Phi) is 7.01. The first-order valence-electron chi connectivity index (χ1n) is 10.1. The topological polar surface area (TPSA) is 45.2 Å². The maximum Gasteiger partial charge on any atom is 0.128 e. The highest BCUT2D eigenvalue weighted by Gasteiger charge is 2.31. The van der Waals surface area contributed by atoms with Gasteiger partial charge in [-0.25, -0.2) is 0 Å². The van der Waals surface area contributed by atoms with Gasteiger partial charge in [-0.3, -0.25) is 4.90 Å². The molecule has 1 saturated heterocycles. The van der Waals surface area contributed by atoms with Crippen LogP contribution in [0.5, 0.6) is 5.75 Å². The highest BCUT2D eigenvalue weighted by molar-refractivity contribution is 5.49. The molecule has 2 fully saturated rings. The summed E-state index contributed by atoms with van der Waals surface area (Å²) >= 11 is 0. The Hall–Kier alpha value is -1.74. The lowest BCUT2D eigenvalue weighted by Crippen LogP contribution is -2.49. The zero-order valence-electron chi connectivity index (χ0n) is 16.4. The Bertz CT molecular complexity index is 611. The highest BCUT2D eigenvalue weighted by Crippen LogP contribution is 2.31. The molecule has 1 aliphatic carbocycles. The van der Waals surface area contributed by atoms with Crippen LogP contribution in [0.4, 0.5) is 5.69 Å². The molecule has 1 saturated carbocycles. The first-order chi connectivity index (χ1) is 13.1. The Labute approximate surface area is 163 Å². The van der Waals surface area contributed by atoms with Crippen LogP contribution >= 0.6 is 0 Å². The summed E-state index contributed by atoms with van der Waals surface area (Å²) in [5.74, 6) is 3.72. The molecule has 1 aliphatic heterocycles. The number of methoxy groups -OCH3 is 1. The smallest absolute Gasteiger partial charge is 0.128 e. The van der Waals surface area contributed by atoms with Gasteiger partial charge in [0.1, 0.15) is 11.4 Å². The van der Waals surface area contributed by atoms with Crippen molar-refractivity contribution in [1.29, 1.82) is 0 Å².